The fourth-order valence-corrected chi connectivity index (χ4v) is 3.32. The lowest BCUT2D eigenvalue weighted by Gasteiger charge is -2.21. The van der Waals surface area contributed by atoms with Crippen molar-refractivity contribution in [3.05, 3.63) is 24.3 Å². The van der Waals surface area contributed by atoms with Crippen LogP contribution in [0.25, 0.3) is 10.2 Å². The van der Waals surface area contributed by atoms with E-state index in [0.29, 0.717) is 0 Å². The van der Waals surface area contributed by atoms with Gasteiger partial charge in [0.2, 0.25) is 0 Å². The Kier molecular flexibility index (Phi) is 2.53. The quantitative estimate of drug-likeness (QED) is 0.866. The lowest BCUT2D eigenvalue weighted by atomic mass is 10.2. The number of hydrogen-bond acceptors (Lipinski definition) is 4. The first kappa shape index (κ1) is 10.1. The van der Waals surface area contributed by atoms with Crippen molar-refractivity contribution in [2.24, 2.45) is 0 Å². The zero-order chi connectivity index (χ0) is 11.0. The molecule has 0 radical (unpaired) electrons. The number of nitrogens with zero attached hydrogens (tertiary/aromatic N) is 2. The van der Waals surface area contributed by atoms with Crippen LogP contribution < -0.4 is 4.90 Å². The Morgan fingerprint density at radius 2 is 2.31 bits per heavy atom. The number of thiazole rings is 1. The van der Waals surface area contributed by atoms with E-state index in [2.05, 4.69) is 16.0 Å². The Labute approximate surface area is 98.3 Å². The van der Waals surface area contributed by atoms with E-state index >= 15 is 0 Å². The highest BCUT2D eigenvalue weighted by Gasteiger charge is 2.26. The molecule has 4 heteroatoms. The van der Waals surface area contributed by atoms with Gasteiger partial charge in [-0.25, -0.2) is 4.98 Å². The van der Waals surface area contributed by atoms with Crippen LogP contribution >= 0.6 is 11.3 Å². The zero-order valence-electron chi connectivity index (χ0n) is 8.97. The van der Waals surface area contributed by atoms with Gasteiger partial charge in [0.1, 0.15) is 0 Å². The van der Waals surface area contributed by atoms with Gasteiger partial charge in [-0.3, -0.25) is 0 Å². The molecule has 0 saturated carbocycles. The van der Waals surface area contributed by atoms with E-state index in [-0.39, 0.29) is 12.6 Å². The molecule has 2 heterocycles. The largest absolute Gasteiger partial charge is 0.394 e. The van der Waals surface area contributed by atoms with Crippen molar-refractivity contribution in [3.63, 3.8) is 0 Å². The molecule has 1 fully saturated rings. The minimum absolute atomic E-state index is 0.232. The molecule has 1 N–H and O–H groups in total. The highest BCUT2D eigenvalue weighted by atomic mass is 32.1. The summed E-state index contributed by atoms with van der Waals surface area (Å²) in [6.45, 7) is 1.25. The number of para-hydroxylation sites is 1. The van der Waals surface area contributed by atoms with Crippen molar-refractivity contribution >= 4 is 26.7 Å². The molecule has 1 aliphatic heterocycles. The summed E-state index contributed by atoms with van der Waals surface area (Å²) in [6.07, 6.45) is 2.23. The van der Waals surface area contributed by atoms with E-state index in [0.717, 1.165) is 30.0 Å². The predicted octanol–water partition coefficient (Wildman–Crippen LogP) is 2.26. The first-order valence-electron chi connectivity index (χ1n) is 5.61. The second-order valence-corrected chi connectivity index (χ2v) is 5.15. The van der Waals surface area contributed by atoms with Gasteiger partial charge in [-0.15, -0.1) is 0 Å². The lowest BCUT2D eigenvalue weighted by molar-refractivity contribution is 0.266. The molecule has 0 amide bonds. The van der Waals surface area contributed by atoms with Crippen molar-refractivity contribution in [2.75, 3.05) is 18.1 Å². The molecule has 0 aliphatic carbocycles. The van der Waals surface area contributed by atoms with E-state index in [1.165, 1.54) is 4.70 Å². The molecular formula is C12H14N2OS. The molecule has 1 aromatic heterocycles. The van der Waals surface area contributed by atoms with Crippen LogP contribution in [-0.4, -0.2) is 29.3 Å². The summed E-state index contributed by atoms with van der Waals surface area (Å²) < 4.78 is 1.22. The number of rotatable bonds is 2. The molecule has 16 heavy (non-hydrogen) atoms. The van der Waals surface area contributed by atoms with Gasteiger partial charge in [0.05, 0.1) is 22.9 Å². The van der Waals surface area contributed by atoms with Gasteiger partial charge in [0, 0.05) is 6.54 Å². The first-order valence-corrected chi connectivity index (χ1v) is 6.43. The maximum Gasteiger partial charge on any atom is 0.186 e. The van der Waals surface area contributed by atoms with E-state index in [1.54, 1.807) is 11.3 Å². The molecular weight excluding hydrogens is 220 g/mol. The van der Waals surface area contributed by atoms with E-state index in [4.69, 9.17) is 0 Å². The number of aromatic nitrogens is 1. The molecule has 1 atom stereocenters. The van der Waals surface area contributed by atoms with Gasteiger partial charge in [-0.1, -0.05) is 23.5 Å². The number of aliphatic hydroxyl groups excluding tert-OH is 1. The third-order valence-corrected chi connectivity index (χ3v) is 4.19. The Morgan fingerprint density at radius 1 is 1.44 bits per heavy atom. The molecule has 3 rings (SSSR count). The standard InChI is InChI=1S/C12H14N2OS/c15-8-9-4-3-7-14(9)12-13-10-5-1-2-6-11(10)16-12/h1-2,5-6,9,15H,3-4,7-8H2/t9-/m0/s1. The van der Waals surface area contributed by atoms with Crippen LogP contribution in [0, 0.1) is 0 Å². The summed E-state index contributed by atoms with van der Waals surface area (Å²) in [7, 11) is 0. The van der Waals surface area contributed by atoms with Crippen LogP contribution in [0.5, 0.6) is 0 Å². The van der Waals surface area contributed by atoms with Crippen molar-refractivity contribution in [1.29, 1.82) is 0 Å². The molecule has 0 spiro atoms. The molecule has 1 aliphatic rings. The maximum absolute atomic E-state index is 9.31. The molecule has 0 unspecified atom stereocenters. The molecule has 2 aromatic rings. The van der Waals surface area contributed by atoms with Gasteiger partial charge in [0.15, 0.2) is 5.13 Å². The lowest BCUT2D eigenvalue weighted by Crippen LogP contribution is -2.31. The number of anilines is 1. The predicted molar refractivity (Wildman–Crippen MR) is 67.1 cm³/mol. The smallest absolute Gasteiger partial charge is 0.186 e. The summed E-state index contributed by atoms with van der Waals surface area (Å²) in [5.74, 6) is 0. The highest BCUT2D eigenvalue weighted by molar-refractivity contribution is 7.22. The zero-order valence-corrected chi connectivity index (χ0v) is 9.78. The molecule has 1 aromatic carbocycles. The van der Waals surface area contributed by atoms with Crippen molar-refractivity contribution in [3.8, 4) is 0 Å². The Morgan fingerprint density at radius 3 is 3.12 bits per heavy atom. The Hall–Kier alpha value is -1.13. The number of fused-ring (bicyclic) bond motifs is 1. The second-order valence-electron chi connectivity index (χ2n) is 4.14. The normalized spacial score (nSPS) is 20.8. The summed E-state index contributed by atoms with van der Waals surface area (Å²) in [4.78, 5) is 6.87. The van der Waals surface area contributed by atoms with Crippen molar-refractivity contribution < 1.29 is 5.11 Å². The number of benzene rings is 1. The van der Waals surface area contributed by atoms with Crippen LogP contribution in [0.3, 0.4) is 0 Å². The maximum atomic E-state index is 9.31. The Bertz CT molecular complexity index is 463. The van der Waals surface area contributed by atoms with Gasteiger partial charge in [-0.05, 0) is 25.0 Å². The summed E-state index contributed by atoms with van der Waals surface area (Å²) in [5, 5.41) is 10.4. The Balaban J connectivity index is 1.99. The second kappa shape index (κ2) is 4.03. The summed E-state index contributed by atoms with van der Waals surface area (Å²) >= 11 is 1.72. The van der Waals surface area contributed by atoms with Gasteiger partial charge >= 0.3 is 0 Å². The average molecular weight is 234 g/mol. The van der Waals surface area contributed by atoms with E-state index in [9.17, 15) is 5.11 Å². The van der Waals surface area contributed by atoms with E-state index < -0.39 is 0 Å². The van der Waals surface area contributed by atoms with Gasteiger partial charge in [-0.2, -0.15) is 0 Å². The van der Waals surface area contributed by atoms with E-state index in [1.807, 2.05) is 18.2 Å². The van der Waals surface area contributed by atoms with Crippen LogP contribution in [0.1, 0.15) is 12.8 Å². The minimum Gasteiger partial charge on any atom is -0.394 e. The molecule has 84 valence electrons. The molecule has 0 bridgehead atoms. The first-order chi connectivity index (χ1) is 7.88. The van der Waals surface area contributed by atoms with Crippen molar-refractivity contribution in [1.82, 2.24) is 4.98 Å². The highest BCUT2D eigenvalue weighted by Crippen LogP contribution is 2.32. The minimum atomic E-state index is 0.232. The van der Waals surface area contributed by atoms with Gasteiger partial charge in [0.25, 0.3) is 0 Å². The monoisotopic (exact) mass is 234 g/mol. The SMILES string of the molecule is OC[C@@H]1CCCN1c1nc2ccccc2s1. The number of aliphatic hydroxyl groups is 1. The summed E-state index contributed by atoms with van der Waals surface area (Å²) in [5.41, 5.74) is 1.06. The molecule has 3 nitrogen and oxygen atoms in total. The average Bonchev–Trinajstić information content (AvgIpc) is 2.94. The van der Waals surface area contributed by atoms with Gasteiger partial charge < -0.3 is 10.0 Å². The van der Waals surface area contributed by atoms with Crippen LogP contribution in [0.4, 0.5) is 5.13 Å². The van der Waals surface area contributed by atoms with Crippen LogP contribution in [-0.2, 0) is 0 Å². The fourth-order valence-electron chi connectivity index (χ4n) is 2.26. The molecule has 1 saturated heterocycles. The van der Waals surface area contributed by atoms with Crippen LogP contribution in [0.15, 0.2) is 24.3 Å². The fraction of sp³-hybridized carbons (Fsp3) is 0.417. The number of hydrogen-bond donors (Lipinski definition) is 1. The summed E-state index contributed by atoms with van der Waals surface area (Å²) in [6, 6.07) is 8.46. The van der Waals surface area contributed by atoms with Crippen molar-refractivity contribution in [2.45, 2.75) is 18.9 Å². The third kappa shape index (κ3) is 1.58. The van der Waals surface area contributed by atoms with Crippen LogP contribution in [0.2, 0.25) is 0 Å². The topological polar surface area (TPSA) is 36.4 Å². The third-order valence-electron chi connectivity index (χ3n) is 3.12.